The van der Waals surface area contributed by atoms with Crippen LogP contribution in [0, 0.1) is 18.2 Å². The summed E-state index contributed by atoms with van der Waals surface area (Å²) in [5.74, 6) is 0.991. The van der Waals surface area contributed by atoms with E-state index in [0.29, 0.717) is 6.42 Å². The first-order valence-electron chi connectivity index (χ1n) is 9.69. The van der Waals surface area contributed by atoms with Gasteiger partial charge in [-0.1, -0.05) is 27.2 Å². The number of nitrogens with zero attached hydrogens (tertiary/aromatic N) is 2. The molecule has 0 spiro atoms. The highest BCUT2D eigenvalue weighted by atomic mass is 19.1. The lowest BCUT2D eigenvalue weighted by Gasteiger charge is -2.38. The molecule has 4 rings (SSSR count). The van der Waals surface area contributed by atoms with Crippen LogP contribution >= 0.6 is 0 Å². The van der Waals surface area contributed by atoms with Crippen molar-refractivity contribution in [2.45, 2.75) is 59.3 Å². The van der Waals surface area contributed by atoms with Crippen molar-refractivity contribution in [2.24, 2.45) is 5.41 Å². The van der Waals surface area contributed by atoms with Crippen LogP contribution in [0.25, 0.3) is 5.69 Å². The third kappa shape index (κ3) is 2.99. The van der Waals surface area contributed by atoms with Crippen LogP contribution in [0.1, 0.15) is 63.6 Å². The SMILES string of the molecule is CCCC1C2=C(CC(C)(C)CC2=O)Nc2c1c(C)nn2-c1ccc(F)cc1. The quantitative estimate of drug-likeness (QED) is 0.804. The molecule has 5 heteroatoms. The van der Waals surface area contributed by atoms with Crippen LogP contribution in [0.4, 0.5) is 10.2 Å². The normalized spacial score (nSPS) is 20.9. The van der Waals surface area contributed by atoms with E-state index >= 15 is 0 Å². The van der Waals surface area contributed by atoms with Gasteiger partial charge in [0.2, 0.25) is 0 Å². The number of rotatable bonds is 3. The lowest BCUT2D eigenvalue weighted by molar-refractivity contribution is -0.118. The van der Waals surface area contributed by atoms with Crippen molar-refractivity contribution in [1.82, 2.24) is 9.78 Å². The highest BCUT2D eigenvalue weighted by Gasteiger charge is 2.41. The van der Waals surface area contributed by atoms with E-state index in [0.717, 1.165) is 53.3 Å². The topological polar surface area (TPSA) is 46.9 Å². The van der Waals surface area contributed by atoms with Crippen molar-refractivity contribution in [1.29, 1.82) is 0 Å². The van der Waals surface area contributed by atoms with Gasteiger partial charge in [-0.15, -0.1) is 0 Å². The van der Waals surface area contributed by atoms with Gasteiger partial charge in [0.15, 0.2) is 5.78 Å². The van der Waals surface area contributed by atoms with E-state index in [1.807, 2.05) is 11.6 Å². The number of aryl methyl sites for hydroxylation is 1. The predicted octanol–water partition coefficient (Wildman–Crippen LogP) is 5.27. The fourth-order valence-corrected chi connectivity index (χ4v) is 4.56. The van der Waals surface area contributed by atoms with Gasteiger partial charge in [-0.3, -0.25) is 4.79 Å². The Morgan fingerprint density at radius 2 is 1.96 bits per heavy atom. The second-order valence-corrected chi connectivity index (χ2v) is 8.54. The Bertz CT molecular complexity index is 937. The molecule has 0 saturated heterocycles. The number of fused-ring (bicyclic) bond motifs is 1. The number of halogens is 1. The summed E-state index contributed by atoms with van der Waals surface area (Å²) in [5.41, 5.74) is 4.77. The molecule has 1 aromatic carbocycles. The van der Waals surface area contributed by atoms with Crippen molar-refractivity contribution >= 4 is 11.6 Å². The number of carbonyl (C=O) groups excluding carboxylic acids is 1. The third-order valence-corrected chi connectivity index (χ3v) is 5.64. The van der Waals surface area contributed by atoms with E-state index in [2.05, 4.69) is 26.1 Å². The molecule has 0 saturated carbocycles. The number of anilines is 1. The summed E-state index contributed by atoms with van der Waals surface area (Å²) in [6.45, 7) is 8.43. The lowest BCUT2D eigenvalue weighted by Crippen LogP contribution is -2.33. The van der Waals surface area contributed by atoms with Gasteiger partial charge in [0.05, 0.1) is 11.4 Å². The molecule has 0 fully saturated rings. The number of hydrogen-bond donors (Lipinski definition) is 1. The first-order valence-corrected chi connectivity index (χ1v) is 9.69. The molecule has 1 aliphatic heterocycles. The number of allylic oxidation sites excluding steroid dienone is 2. The van der Waals surface area contributed by atoms with Crippen LogP contribution in [0.3, 0.4) is 0 Å². The number of nitrogens with one attached hydrogen (secondary N) is 1. The molecule has 1 aromatic heterocycles. The maximum absolute atomic E-state index is 13.4. The number of hydrogen-bond acceptors (Lipinski definition) is 3. The zero-order valence-corrected chi connectivity index (χ0v) is 16.4. The van der Waals surface area contributed by atoms with Gasteiger partial charge in [0, 0.05) is 29.2 Å². The lowest BCUT2D eigenvalue weighted by atomic mass is 9.69. The van der Waals surface area contributed by atoms with Crippen molar-refractivity contribution in [3.63, 3.8) is 0 Å². The Morgan fingerprint density at radius 3 is 2.63 bits per heavy atom. The second-order valence-electron chi connectivity index (χ2n) is 8.54. The fourth-order valence-electron chi connectivity index (χ4n) is 4.56. The summed E-state index contributed by atoms with van der Waals surface area (Å²) in [6.07, 6.45) is 3.37. The van der Waals surface area contributed by atoms with E-state index < -0.39 is 0 Å². The third-order valence-electron chi connectivity index (χ3n) is 5.64. The van der Waals surface area contributed by atoms with Crippen molar-refractivity contribution in [3.8, 4) is 5.69 Å². The average Bonchev–Trinajstić information content (AvgIpc) is 2.90. The number of aromatic nitrogens is 2. The summed E-state index contributed by atoms with van der Waals surface area (Å²) in [7, 11) is 0. The molecule has 142 valence electrons. The molecule has 0 bridgehead atoms. The molecule has 1 aliphatic carbocycles. The van der Waals surface area contributed by atoms with Crippen molar-refractivity contribution in [3.05, 3.63) is 52.6 Å². The second kappa shape index (κ2) is 6.32. The zero-order valence-electron chi connectivity index (χ0n) is 16.4. The van der Waals surface area contributed by atoms with Crippen molar-refractivity contribution in [2.75, 3.05) is 5.32 Å². The average molecular weight is 367 g/mol. The number of benzene rings is 1. The predicted molar refractivity (Wildman–Crippen MR) is 105 cm³/mol. The van der Waals surface area contributed by atoms with Gasteiger partial charge in [-0.2, -0.15) is 5.10 Å². The summed E-state index contributed by atoms with van der Waals surface area (Å²) in [6, 6.07) is 6.36. The Morgan fingerprint density at radius 1 is 1.26 bits per heavy atom. The van der Waals surface area contributed by atoms with Crippen LogP contribution in [0.5, 0.6) is 0 Å². The van der Waals surface area contributed by atoms with Crippen LogP contribution in [0.2, 0.25) is 0 Å². The van der Waals surface area contributed by atoms with Crippen LogP contribution in [-0.4, -0.2) is 15.6 Å². The molecule has 0 amide bonds. The zero-order chi connectivity index (χ0) is 19.3. The highest BCUT2D eigenvalue weighted by molar-refractivity contribution is 6.00. The van der Waals surface area contributed by atoms with E-state index in [1.165, 1.54) is 12.1 Å². The largest absolute Gasteiger partial charge is 0.343 e. The van der Waals surface area contributed by atoms with Crippen LogP contribution in [-0.2, 0) is 4.79 Å². The minimum atomic E-state index is -0.266. The van der Waals surface area contributed by atoms with Crippen molar-refractivity contribution < 1.29 is 9.18 Å². The molecule has 1 atom stereocenters. The van der Waals surface area contributed by atoms with E-state index in [9.17, 15) is 9.18 Å². The molecule has 2 aromatic rings. The molecule has 4 nitrogen and oxygen atoms in total. The standard InChI is InChI=1S/C22H26FN3O/c1-5-6-16-19-13(2)25-26(15-9-7-14(23)8-10-15)21(19)24-17-11-22(3,4)12-18(27)20(16)17/h7-10,16,24H,5-6,11-12H2,1-4H3. The van der Waals surface area contributed by atoms with E-state index in [-0.39, 0.29) is 22.9 Å². The van der Waals surface area contributed by atoms with Gasteiger partial charge < -0.3 is 5.32 Å². The minimum absolute atomic E-state index is 0.0487. The number of Topliss-reactive ketones (excluding diaryl/α,β-unsaturated/α-hetero) is 1. The monoisotopic (exact) mass is 367 g/mol. The molecule has 2 heterocycles. The van der Waals surface area contributed by atoms with Crippen LogP contribution in [0.15, 0.2) is 35.5 Å². The van der Waals surface area contributed by atoms with Gasteiger partial charge in [0.25, 0.3) is 0 Å². The molecule has 0 radical (unpaired) electrons. The Balaban J connectivity index is 1.87. The number of carbonyl (C=O) groups is 1. The van der Waals surface area contributed by atoms with E-state index in [1.54, 1.807) is 12.1 Å². The number of ketones is 1. The van der Waals surface area contributed by atoms with Gasteiger partial charge in [-0.05, 0) is 49.4 Å². The Labute approximate surface area is 159 Å². The first-order chi connectivity index (χ1) is 12.8. The maximum atomic E-state index is 13.4. The Hall–Kier alpha value is -2.43. The smallest absolute Gasteiger partial charge is 0.161 e. The van der Waals surface area contributed by atoms with Gasteiger partial charge in [0.1, 0.15) is 11.6 Å². The maximum Gasteiger partial charge on any atom is 0.161 e. The summed E-state index contributed by atoms with van der Waals surface area (Å²) in [4.78, 5) is 13.0. The molecule has 2 aliphatic rings. The van der Waals surface area contributed by atoms with E-state index in [4.69, 9.17) is 5.10 Å². The molecule has 1 N–H and O–H groups in total. The van der Waals surface area contributed by atoms with Crippen LogP contribution < -0.4 is 5.32 Å². The van der Waals surface area contributed by atoms with Gasteiger partial charge >= 0.3 is 0 Å². The molecule has 27 heavy (non-hydrogen) atoms. The molecular formula is C22H26FN3O. The summed E-state index contributed by atoms with van der Waals surface area (Å²) >= 11 is 0. The fraction of sp³-hybridized carbons (Fsp3) is 0.455. The minimum Gasteiger partial charge on any atom is -0.343 e. The summed E-state index contributed by atoms with van der Waals surface area (Å²) < 4.78 is 15.2. The Kier molecular flexibility index (Phi) is 4.21. The molecule has 1 unspecified atom stereocenters. The summed E-state index contributed by atoms with van der Waals surface area (Å²) in [5, 5.41) is 8.28. The first kappa shape index (κ1) is 18.0. The van der Waals surface area contributed by atoms with Gasteiger partial charge in [-0.25, -0.2) is 9.07 Å². The highest BCUT2D eigenvalue weighted by Crippen LogP contribution is 2.49. The molecular weight excluding hydrogens is 341 g/mol.